The van der Waals surface area contributed by atoms with E-state index in [-0.39, 0.29) is 6.04 Å². The smallest absolute Gasteiger partial charge is 0.138 e. The highest BCUT2D eigenvalue weighted by atomic mass is 79.9. The molecule has 2 rings (SSSR count). The molecule has 0 aliphatic carbocycles. The van der Waals surface area contributed by atoms with E-state index in [4.69, 9.17) is 10.5 Å². The van der Waals surface area contributed by atoms with Gasteiger partial charge in [0.25, 0.3) is 0 Å². The molecular formula is C10H11Br2NO. The Bertz CT molecular complexity index is 354. The SMILES string of the molecule is N[C@@H]1CCCOc2c(Br)cc(Br)cc21. The van der Waals surface area contributed by atoms with Gasteiger partial charge in [-0.3, -0.25) is 0 Å². The third-order valence-electron chi connectivity index (χ3n) is 2.34. The summed E-state index contributed by atoms with van der Waals surface area (Å²) in [5.74, 6) is 0.901. The van der Waals surface area contributed by atoms with Gasteiger partial charge in [0.15, 0.2) is 0 Å². The molecule has 1 aromatic rings. The molecule has 1 aliphatic rings. The van der Waals surface area contributed by atoms with Crippen LogP contribution in [0.25, 0.3) is 0 Å². The van der Waals surface area contributed by atoms with E-state index in [0.717, 1.165) is 39.7 Å². The summed E-state index contributed by atoms with van der Waals surface area (Å²) in [6.45, 7) is 0.751. The summed E-state index contributed by atoms with van der Waals surface area (Å²) in [5, 5.41) is 0. The van der Waals surface area contributed by atoms with Crippen LogP contribution in [0.5, 0.6) is 5.75 Å². The lowest BCUT2D eigenvalue weighted by Gasteiger charge is -2.13. The highest BCUT2D eigenvalue weighted by Gasteiger charge is 2.19. The number of fused-ring (bicyclic) bond motifs is 1. The summed E-state index contributed by atoms with van der Waals surface area (Å²) in [4.78, 5) is 0. The number of nitrogens with two attached hydrogens (primary N) is 1. The van der Waals surface area contributed by atoms with Crippen LogP contribution in [0, 0.1) is 0 Å². The number of hydrogen-bond donors (Lipinski definition) is 1. The van der Waals surface area contributed by atoms with Gasteiger partial charge in [0.05, 0.1) is 11.1 Å². The Morgan fingerprint density at radius 3 is 2.93 bits per heavy atom. The van der Waals surface area contributed by atoms with E-state index in [1.165, 1.54) is 0 Å². The second-order valence-corrected chi connectivity index (χ2v) is 5.17. The van der Waals surface area contributed by atoms with Gasteiger partial charge in [0.2, 0.25) is 0 Å². The summed E-state index contributed by atoms with van der Waals surface area (Å²) in [5.41, 5.74) is 7.15. The lowest BCUT2D eigenvalue weighted by Crippen LogP contribution is -2.09. The minimum Gasteiger partial charge on any atom is -0.492 e. The van der Waals surface area contributed by atoms with E-state index in [9.17, 15) is 0 Å². The number of ether oxygens (including phenoxy) is 1. The molecule has 14 heavy (non-hydrogen) atoms. The van der Waals surface area contributed by atoms with E-state index in [1.54, 1.807) is 0 Å². The molecule has 0 amide bonds. The van der Waals surface area contributed by atoms with Crippen LogP contribution in [-0.2, 0) is 0 Å². The van der Waals surface area contributed by atoms with Gasteiger partial charge in [-0.25, -0.2) is 0 Å². The maximum absolute atomic E-state index is 6.06. The van der Waals surface area contributed by atoms with Gasteiger partial charge in [-0.15, -0.1) is 0 Å². The first-order valence-corrected chi connectivity index (χ1v) is 6.14. The Kier molecular flexibility index (Phi) is 3.14. The quantitative estimate of drug-likeness (QED) is 0.795. The second kappa shape index (κ2) is 4.21. The number of rotatable bonds is 0. The predicted molar refractivity (Wildman–Crippen MR) is 63.5 cm³/mol. The Balaban J connectivity index is 2.53. The largest absolute Gasteiger partial charge is 0.492 e. The molecule has 0 radical (unpaired) electrons. The average Bonchev–Trinajstić information content (AvgIpc) is 2.29. The van der Waals surface area contributed by atoms with Crippen molar-refractivity contribution >= 4 is 31.9 Å². The monoisotopic (exact) mass is 319 g/mol. The zero-order valence-electron chi connectivity index (χ0n) is 7.59. The first kappa shape index (κ1) is 10.5. The van der Waals surface area contributed by atoms with Crippen molar-refractivity contribution < 1.29 is 4.74 Å². The fourth-order valence-electron chi connectivity index (χ4n) is 1.64. The highest BCUT2D eigenvalue weighted by Crippen LogP contribution is 2.38. The number of hydrogen-bond acceptors (Lipinski definition) is 2. The summed E-state index contributed by atoms with van der Waals surface area (Å²) in [6, 6.07) is 4.11. The molecule has 2 nitrogen and oxygen atoms in total. The molecular weight excluding hydrogens is 310 g/mol. The Labute approximate surface area is 100 Å². The lowest BCUT2D eigenvalue weighted by atomic mass is 10.0. The Morgan fingerprint density at radius 1 is 1.36 bits per heavy atom. The van der Waals surface area contributed by atoms with E-state index in [1.807, 2.05) is 12.1 Å². The van der Waals surface area contributed by atoms with Gasteiger partial charge in [0.1, 0.15) is 5.75 Å². The van der Waals surface area contributed by atoms with Crippen molar-refractivity contribution in [3.05, 3.63) is 26.6 Å². The summed E-state index contributed by atoms with van der Waals surface area (Å²) >= 11 is 6.94. The summed E-state index contributed by atoms with van der Waals surface area (Å²) in [6.07, 6.45) is 2.00. The van der Waals surface area contributed by atoms with Crippen LogP contribution in [0.2, 0.25) is 0 Å². The molecule has 1 aromatic carbocycles. The van der Waals surface area contributed by atoms with Gasteiger partial charge in [-0.2, -0.15) is 0 Å². The number of halogens is 2. The topological polar surface area (TPSA) is 35.2 Å². The van der Waals surface area contributed by atoms with E-state index in [2.05, 4.69) is 31.9 Å². The van der Waals surface area contributed by atoms with Crippen LogP contribution in [0.4, 0.5) is 0 Å². The van der Waals surface area contributed by atoms with Crippen LogP contribution in [0.1, 0.15) is 24.4 Å². The third-order valence-corrected chi connectivity index (χ3v) is 3.39. The van der Waals surface area contributed by atoms with Gasteiger partial charge in [0, 0.05) is 16.1 Å². The molecule has 1 aliphatic heterocycles. The summed E-state index contributed by atoms with van der Waals surface area (Å²) < 4.78 is 7.66. The van der Waals surface area contributed by atoms with Crippen molar-refractivity contribution in [2.75, 3.05) is 6.61 Å². The first-order chi connectivity index (χ1) is 6.68. The van der Waals surface area contributed by atoms with E-state index < -0.39 is 0 Å². The van der Waals surface area contributed by atoms with Crippen LogP contribution in [-0.4, -0.2) is 6.61 Å². The van der Waals surface area contributed by atoms with Gasteiger partial charge >= 0.3 is 0 Å². The lowest BCUT2D eigenvalue weighted by molar-refractivity contribution is 0.314. The molecule has 4 heteroatoms. The molecule has 1 atom stereocenters. The summed E-state index contributed by atoms with van der Waals surface area (Å²) in [7, 11) is 0. The minimum absolute atomic E-state index is 0.0845. The molecule has 76 valence electrons. The predicted octanol–water partition coefficient (Wildman–Crippen LogP) is 3.38. The molecule has 0 bridgehead atoms. The number of benzene rings is 1. The van der Waals surface area contributed by atoms with Gasteiger partial charge in [-0.05, 0) is 40.9 Å². The molecule has 0 unspecified atom stereocenters. The average molecular weight is 321 g/mol. The molecule has 2 N–H and O–H groups in total. The zero-order chi connectivity index (χ0) is 10.1. The zero-order valence-corrected chi connectivity index (χ0v) is 10.8. The van der Waals surface area contributed by atoms with Crippen LogP contribution in [0.3, 0.4) is 0 Å². The third kappa shape index (κ3) is 1.97. The molecule has 1 heterocycles. The van der Waals surface area contributed by atoms with E-state index >= 15 is 0 Å². The first-order valence-electron chi connectivity index (χ1n) is 4.56. The van der Waals surface area contributed by atoms with Crippen LogP contribution >= 0.6 is 31.9 Å². The second-order valence-electron chi connectivity index (χ2n) is 3.40. The molecule has 0 fully saturated rings. The van der Waals surface area contributed by atoms with Crippen LogP contribution < -0.4 is 10.5 Å². The normalized spacial score (nSPS) is 20.9. The molecule has 0 spiro atoms. The van der Waals surface area contributed by atoms with E-state index in [0.29, 0.717) is 0 Å². The fraction of sp³-hybridized carbons (Fsp3) is 0.400. The van der Waals surface area contributed by atoms with Crippen molar-refractivity contribution in [3.8, 4) is 5.75 Å². The van der Waals surface area contributed by atoms with Crippen molar-refractivity contribution in [2.24, 2.45) is 5.73 Å². The van der Waals surface area contributed by atoms with Crippen LogP contribution in [0.15, 0.2) is 21.1 Å². The Hall–Kier alpha value is -0.0600. The van der Waals surface area contributed by atoms with Crippen molar-refractivity contribution in [3.63, 3.8) is 0 Å². The molecule has 0 saturated heterocycles. The van der Waals surface area contributed by atoms with Gasteiger partial charge < -0.3 is 10.5 Å². The minimum atomic E-state index is 0.0845. The van der Waals surface area contributed by atoms with Crippen molar-refractivity contribution in [1.82, 2.24) is 0 Å². The van der Waals surface area contributed by atoms with Gasteiger partial charge in [-0.1, -0.05) is 15.9 Å². The standard InChI is InChI=1S/C10H11Br2NO/c11-6-4-7-9(13)2-1-3-14-10(7)8(12)5-6/h4-5,9H,1-3,13H2/t9-/m1/s1. The molecule has 0 aromatic heterocycles. The Morgan fingerprint density at radius 2 is 2.14 bits per heavy atom. The fourth-order valence-corrected chi connectivity index (χ4v) is 3.01. The molecule has 0 saturated carbocycles. The maximum atomic E-state index is 6.06. The van der Waals surface area contributed by atoms with Crippen molar-refractivity contribution in [1.29, 1.82) is 0 Å². The maximum Gasteiger partial charge on any atom is 0.138 e. The van der Waals surface area contributed by atoms with Crippen molar-refractivity contribution in [2.45, 2.75) is 18.9 Å². The highest BCUT2D eigenvalue weighted by molar-refractivity contribution is 9.11.